The summed E-state index contributed by atoms with van der Waals surface area (Å²) >= 11 is 0. The standard InChI is InChI=1S/C25H26FN3O5/c1-3-21(33-18-9-6-16(7-10-18)22(31)15-4-5-15)25-28-23(29-34-25)17-8-11-19(20(26)12-17)24(32)27-14(2)13-30/h6-12,14-15,21,30H,3-5,13H2,1-2H3,(H,27,32)/t14-,21-/m0/s1. The number of carbonyl (C=O) groups is 2. The van der Waals surface area contributed by atoms with E-state index in [-0.39, 0.29) is 35.6 Å². The van der Waals surface area contributed by atoms with E-state index in [2.05, 4.69) is 15.5 Å². The number of halogens is 1. The molecule has 0 spiro atoms. The van der Waals surface area contributed by atoms with Crippen LogP contribution in [0.4, 0.5) is 4.39 Å². The van der Waals surface area contributed by atoms with Crippen molar-refractivity contribution in [3.05, 3.63) is 65.3 Å². The van der Waals surface area contributed by atoms with Crippen molar-refractivity contribution in [2.75, 3.05) is 6.61 Å². The highest BCUT2D eigenvalue weighted by Gasteiger charge is 2.30. The molecule has 2 atom stereocenters. The van der Waals surface area contributed by atoms with E-state index in [1.54, 1.807) is 31.2 Å². The molecular weight excluding hydrogens is 441 g/mol. The van der Waals surface area contributed by atoms with Gasteiger partial charge in [0.05, 0.1) is 12.2 Å². The number of aliphatic hydroxyl groups is 1. The molecule has 0 bridgehead atoms. The average Bonchev–Trinajstić information content (AvgIpc) is 3.58. The minimum Gasteiger partial charge on any atom is -0.481 e. The van der Waals surface area contributed by atoms with Gasteiger partial charge in [-0.1, -0.05) is 18.1 Å². The Bertz CT molecular complexity index is 1170. The van der Waals surface area contributed by atoms with E-state index < -0.39 is 23.9 Å². The maximum atomic E-state index is 14.5. The van der Waals surface area contributed by atoms with Crippen LogP contribution in [0.2, 0.25) is 0 Å². The van der Waals surface area contributed by atoms with Crippen molar-refractivity contribution in [3.63, 3.8) is 0 Å². The molecule has 1 amide bonds. The Balaban J connectivity index is 1.45. The van der Waals surface area contributed by atoms with Crippen LogP contribution in [-0.4, -0.2) is 39.6 Å². The van der Waals surface area contributed by atoms with Gasteiger partial charge >= 0.3 is 0 Å². The van der Waals surface area contributed by atoms with Crippen molar-refractivity contribution in [1.29, 1.82) is 0 Å². The normalized spacial score (nSPS) is 14.9. The number of aromatic nitrogens is 2. The average molecular weight is 467 g/mol. The monoisotopic (exact) mass is 467 g/mol. The van der Waals surface area contributed by atoms with Gasteiger partial charge in [0.1, 0.15) is 11.6 Å². The molecule has 0 radical (unpaired) electrons. The van der Waals surface area contributed by atoms with Crippen LogP contribution in [0, 0.1) is 11.7 Å². The summed E-state index contributed by atoms with van der Waals surface area (Å²) in [5, 5.41) is 15.5. The van der Waals surface area contributed by atoms with Crippen molar-refractivity contribution in [2.45, 2.75) is 45.3 Å². The number of aliphatic hydroxyl groups excluding tert-OH is 1. The predicted molar refractivity (Wildman–Crippen MR) is 121 cm³/mol. The Labute approximate surface area is 196 Å². The number of Topliss-reactive ketones (excluding diaryl/α,β-unsaturated/α-hetero) is 1. The summed E-state index contributed by atoms with van der Waals surface area (Å²) in [6.45, 7) is 3.26. The van der Waals surface area contributed by atoms with E-state index >= 15 is 0 Å². The number of carbonyl (C=O) groups excluding carboxylic acids is 2. The van der Waals surface area contributed by atoms with Crippen molar-refractivity contribution in [1.82, 2.24) is 15.5 Å². The molecule has 8 nitrogen and oxygen atoms in total. The number of rotatable bonds is 10. The minimum absolute atomic E-state index is 0.147. The van der Waals surface area contributed by atoms with Crippen LogP contribution in [0.5, 0.6) is 5.75 Å². The maximum Gasteiger partial charge on any atom is 0.268 e. The molecule has 1 aliphatic rings. The van der Waals surface area contributed by atoms with Gasteiger partial charge in [-0.15, -0.1) is 0 Å². The Morgan fingerprint density at radius 2 is 1.97 bits per heavy atom. The molecule has 2 aromatic carbocycles. The van der Waals surface area contributed by atoms with Crippen molar-refractivity contribution in [3.8, 4) is 17.1 Å². The van der Waals surface area contributed by atoms with Gasteiger partial charge in [-0.25, -0.2) is 4.39 Å². The predicted octanol–water partition coefficient (Wildman–Crippen LogP) is 4.11. The lowest BCUT2D eigenvalue weighted by Crippen LogP contribution is -2.35. The number of ketones is 1. The topological polar surface area (TPSA) is 115 Å². The van der Waals surface area contributed by atoms with Crippen molar-refractivity contribution >= 4 is 11.7 Å². The molecule has 9 heteroatoms. The van der Waals surface area contributed by atoms with Gasteiger partial charge in [-0.05, 0) is 62.6 Å². The van der Waals surface area contributed by atoms with E-state index in [0.717, 1.165) is 18.9 Å². The lowest BCUT2D eigenvalue weighted by atomic mass is 10.1. The third-order valence-electron chi connectivity index (χ3n) is 5.58. The Hall–Kier alpha value is -3.59. The first-order valence-electron chi connectivity index (χ1n) is 11.3. The Kier molecular flexibility index (Phi) is 7.02. The maximum absolute atomic E-state index is 14.5. The van der Waals surface area contributed by atoms with Gasteiger partial charge < -0.3 is 19.7 Å². The molecule has 0 unspecified atom stereocenters. The summed E-state index contributed by atoms with van der Waals surface area (Å²) in [4.78, 5) is 28.6. The van der Waals surface area contributed by atoms with Gasteiger partial charge in [0.15, 0.2) is 11.9 Å². The van der Waals surface area contributed by atoms with Gasteiger partial charge in [0, 0.05) is 23.1 Å². The van der Waals surface area contributed by atoms with Crippen LogP contribution in [0.1, 0.15) is 65.8 Å². The first kappa shape index (κ1) is 23.6. The van der Waals surface area contributed by atoms with Crippen LogP contribution in [0.3, 0.4) is 0 Å². The molecule has 1 fully saturated rings. The minimum atomic E-state index is -0.740. The van der Waals surface area contributed by atoms with Crippen LogP contribution in [0.25, 0.3) is 11.4 Å². The second-order valence-electron chi connectivity index (χ2n) is 8.39. The largest absolute Gasteiger partial charge is 0.481 e. The summed E-state index contributed by atoms with van der Waals surface area (Å²) in [5.74, 6) is -0.0773. The van der Waals surface area contributed by atoms with Crippen LogP contribution in [-0.2, 0) is 0 Å². The second kappa shape index (κ2) is 10.1. The molecule has 4 rings (SSSR count). The van der Waals surface area contributed by atoms with Gasteiger partial charge in [0.2, 0.25) is 5.82 Å². The smallest absolute Gasteiger partial charge is 0.268 e. The molecular formula is C25H26FN3O5. The zero-order valence-electron chi connectivity index (χ0n) is 19.0. The fourth-order valence-electron chi connectivity index (χ4n) is 3.42. The van der Waals surface area contributed by atoms with Crippen LogP contribution in [0.15, 0.2) is 47.0 Å². The number of amides is 1. The third-order valence-corrected chi connectivity index (χ3v) is 5.58. The first-order valence-corrected chi connectivity index (χ1v) is 11.3. The lowest BCUT2D eigenvalue weighted by molar-refractivity contribution is 0.0917. The summed E-state index contributed by atoms with van der Waals surface area (Å²) in [6.07, 6.45) is 1.93. The molecule has 1 aliphatic carbocycles. The number of benzene rings is 2. The molecule has 3 aromatic rings. The SMILES string of the molecule is CC[C@H](Oc1ccc(C(=O)C2CC2)cc1)c1nc(-c2ccc(C(=O)N[C@@H](C)CO)c(F)c2)no1. The summed E-state index contributed by atoms with van der Waals surface area (Å²) < 4.78 is 25.9. The Morgan fingerprint density at radius 3 is 2.59 bits per heavy atom. The fourth-order valence-corrected chi connectivity index (χ4v) is 3.42. The molecule has 34 heavy (non-hydrogen) atoms. The first-order chi connectivity index (χ1) is 16.4. The van der Waals surface area contributed by atoms with E-state index in [1.807, 2.05) is 6.92 Å². The number of hydrogen-bond donors (Lipinski definition) is 2. The van der Waals surface area contributed by atoms with E-state index in [4.69, 9.17) is 14.4 Å². The van der Waals surface area contributed by atoms with Crippen LogP contribution >= 0.6 is 0 Å². The van der Waals surface area contributed by atoms with E-state index in [0.29, 0.717) is 23.3 Å². The second-order valence-corrected chi connectivity index (χ2v) is 8.39. The highest BCUT2D eigenvalue weighted by atomic mass is 19.1. The molecule has 1 saturated carbocycles. The highest BCUT2D eigenvalue weighted by molar-refractivity contribution is 5.99. The summed E-state index contributed by atoms with van der Waals surface area (Å²) in [6, 6.07) is 10.5. The molecule has 1 heterocycles. The summed E-state index contributed by atoms with van der Waals surface area (Å²) in [7, 11) is 0. The molecule has 1 aromatic heterocycles. The summed E-state index contributed by atoms with van der Waals surface area (Å²) in [5.41, 5.74) is 0.871. The number of nitrogens with one attached hydrogen (secondary N) is 1. The molecule has 2 N–H and O–H groups in total. The zero-order valence-corrected chi connectivity index (χ0v) is 19.0. The molecule has 178 valence electrons. The van der Waals surface area contributed by atoms with Crippen molar-refractivity contribution < 1.29 is 28.3 Å². The quantitative estimate of drug-likeness (QED) is 0.431. The number of nitrogens with zero attached hydrogens (tertiary/aromatic N) is 2. The van der Waals surface area contributed by atoms with E-state index in [9.17, 15) is 14.0 Å². The third kappa shape index (κ3) is 5.31. The van der Waals surface area contributed by atoms with Crippen molar-refractivity contribution in [2.24, 2.45) is 5.92 Å². The zero-order chi connectivity index (χ0) is 24.2. The van der Waals surface area contributed by atoms with E-state index in [1.165, 1.54) is 12.1 Å². The van der Waals surface area contributed by atoms with Gasteiger partial charge in [-0.3, -0.25) is 9.59 Å². The van der Waals surface area contributed by atoms with Gasteiger partial charge in [0.25, 0.3) is 11.8 Å². The molecule has 0 saturated heterocycles. The number of ether oxygens (including phenoxy) is 1. The highest BCUT2D eigenvalue weighted by Crippen LogP contribution is 2.33. The van der Waals surface area contributed by atoms with Gasteiger partial charge in [-0.2, -0.15) is 4.98 Å². The Morgan fingerprint density at radius 1 is 1.24 bits per heavy atom. The number of hydrogen-bond acceptors (Lipinski definition) is 7. The fraction of sp³-hybridized carbons (Fsp3) is 0.360. The van der Waals surface area contributed by atoms with Crippen LogP contribution < -0.4 is 10.1 Å². The lowest BCUT2D eigenvalue weighted by Gasteiger charge is -2.13. The molecule has 0 aliphatic heterocycles.